The van der Waals surface area contributed by atoms with Gasteiger partial charge in [-0.1, -0.05) is 31.9 Å². The van der Waals surface area contributed by atoms with Gasteiger partial charge in [-0.3, -0.25) is 0 Å². The number of aliphatic hydroxyl groups is 1. The van der Waals surface area contributed by atoms with Crippen LogP contribution in [0.2, 0.25) is 0 Å². The zero-order valence-electron chi connectivity index (χ0n) is 13.4. The van der Waals surface area contributed by atoms with E-state index in [2.05, 4.69) is 34.5 Å². The average molecular weight is 290 g/mol. The molecule has 118 valence electrons. The van der Waals surface area contributed by atoms with Crippen LogP contribution >= 0.6 is 0 Å². The number of aliphatic hydroxyl groups excluding tert-OH is 1. The highest BCUT2D eigenvalue weighted by Gasteiger charge is 2.09. The second-order valence-electron chi connectivity index (χ2n) is 6.10. The molecule has 21 heavy (non-hydrogen) atoms. The van der Waals surface area contributed by atoms with E-state index >= 15 is 0 Å². The van der Waals surface area contributed by atoms with Crippen molar-refractivity contribution in [1.82, 2.24) is 5.32 Å². The van der Waals surface area contributed by atoms with Crippen LogP contribution in [0.15, 0.2) is 24.3 Å². The fourth-order valence-electron chi connectivity index (χ4n) is 2.86. The van der Waals surface area contributed by atoms with Gasteiger partial charge in [-0.15, -0.1) is 0 Å². The van der Waals surface area contributed by atoms with Gasteiger partial charge in [0, 0.05) is 25.3 Å². The van der Waals surface area contributed by atoms with E-state index in [9.17, 15) is 5.11 Å². The maximum Gasteiger partial charge on any atom is 0.0549 e. The quantitative estimate of drug-likeness (QED) is 0.756. The standard InChI is InChI=1S/C18H30N2O/c1-2-18(21)11-12-19-15-16-7-9-17(10-8-16)20-13-5-3-4-6-14-20/h7-10,18-19,21H,2-6,11-15H2,1H3. The van der Waals surface area contributed by atoms with Gasteiger partial charge in [0.25, 0.3) is 0 Å². The van der Waals surface area contributed by atoms with Crippen molar-refractivity contribution < 1.29 is 5.11 Å². The molecule has 0 bridgehead atoms. The summed E-state index contributed by atoms with van der Waals surface area (Å²) in [5.41, 5.74) is 2.68. The van der Waals surface area contributed by atoms with Crippen LogP contribution in [-0.4, -0.2) is 30.8 Å². The molecule has 3 heteroatoms. The monoisotopic (exact) mass is 290 g/mol. The smallest absolute Gasteiger partial charge is 0.0549 e. The van der Waals surface area contributed by atoms with E-state index in [-0.39, 0.29) is 6.10 Å². The van der Waals surface area contributed by atoms with Gasteiger partial charge < -0.3 is 15.3 Å². The Hall–Kier alpha value is -1.06. The molecule has 1 atom stereocenters. The molecular formula is C18H30N2O. The minimum absolute atomic E-state index is 0.164. The zero-order valence-corrected chi connectivity index (χ0v) is 13.4. The highest BCUT2D eigenvalue weighted by atomic mass is 16.3. The molecular weight excluding hydrogens is 260 g/mol. The fourth-order valence-corrected chi connectivity index (χ4v) is 2.86. The lowest BCUT2D eigenvalue weighted by molar-refractivity contribution is 0.159. The molecule has 1 aliphatic rings. The fraction of sp³-hybridized carbons (Fsp3) is 0.667. The van der Waals surface area contributed by atoms with Crippen LogP contribution in [0.25, 0.3) is 0 Å². The number of anilines is 1. The summed E-state index contributed by atoms with van der Waals surface area (Å²) in [5.74, 6) is 0. The molecule has 1 saturated heterocycles. The molecule has 2 N–H and O–H groups in total. The van der Waals surface area contributed by atoms with Crippen molar-refractivity contribution in [3.8, 4) is 0 Å². The van der Waals surface area contributed by atoms with Gasteiger partial charge in [-0.2, -0.15) is 0 Å². The van der Waals surface area contributed by atoms with E-state index < -0.39 is 0 Å². The van der Waals surface area contributed by atoms with Crippen LogP contribution in [0.5, 0.6) is 0 Å². The summed E-state index contributed by atoms with van der Waals surface area (Å²) < 4.78 is 0. The van der Waals surface area contributed by atoms with Gasteiger partial charge in [-0.05, 0) is 49.9 Å². The second kappa shape index (κ2) is 9.06. The Bertz CT molecular complexity index is 383. The molecule has 0 saturated carbocycles. The first-order valence-electron chi connectivity index (χ1n) is 8.52. The van der Waals surface area contributed by atoms with E-state index in [0.29, 0.717) is 0 Å². The Morgan fingerprint density at radius 2 is 1.76 bits per heavy atom. The van der Waals surface area contributed by atoms with E-state index in [0.717, 1.165) is 25.9 Å². The molecule has 2 rings (SSSR count). The molecule has 0 aromatic heterocycles. The van der Waals surface area contributed by atoms with E-state index in [1.165, 1.54) is 50.0 Å². The molecule has 1 aliphatic heterocycles. The average Bonchev–Trinajstić information content (AvgIpc) is 2.81. The first-order chi connectivity index (χ1) is 10.3. The molecule has 1 aromatic carbocycles. The molecule has 3 nitrogen and oxygen atoms in total. The van der Waals surface area contributed by atoms with Gasteiger partial charge in [-0.25, -0.2) is 0 Å². The highest BCUT2D eigenvalue weighted by Crippen LogP contribution is 2.19. The third-order valence-electron chi connectivity index (χ3n) is 4.36. The number of hydrogen-bond donors (Lipinski definition) is 2. The van der Waals surface area contributed by atoms with E-state index in [1.54, 1.807) is 0 Å². The molecule has 0 spiro atoms. The lowest BCUT2D eigenvalue weighted by Crippen LogP contribution is -2.23. The van der Waals surface area contributed by atoms with Crippen LogP contribution in [0.4, 0.5) is 5.69 Å². The highest BCUT2D eigenvalue weighted by molar-refractivity contribution is 5.47. The van der Waals surface area contributed by atoms with Crippen molar-refractivity contribution in [1.29, 1.82) is 0 Å². The summed E-state index contributed by atoms with van der Waals surface area (Å²) in [6, 6.07) is 8.96. The van der Waals surface area contributed by atoms with Gasteiger partial charge in [0.2, 0.25) is 0 Å². The number of hydrogen-bond acceptors (Lipinski definition) is 3. The van der Waals surface area contributed by atoms with Crippen LogP contribution in [0.3, 0.4) is 0 Å². The van der Waals surface area contributed by atoms with Crippen LogP contribution in [0, 0.1) is 0 Å². The minimum atomic E-state index is -0.164. The number of nitrogens with zero attached hydrogens (tertiary/aromatic N) is 1. The molecule has 1 heterocycles. The Morgan fingerprint density at radius 3 is 2.38 bits per heavy atom. The van der Waals surface area contributed by atoms with Crippen molar-refractivity contribution in [2.24, 2.45) is 0 Å². The Kier molecular flexibility index (Phi) is 7.04. The van der Waals surface area contributed by atoms with Crippen molar-refractivity contribution in [3.63, 3.8) is 0 Å². The normalized spacial score (nSPS) is 17.5. The first kappa shape index (κ1) is 16.3. The summed E-state index contributed by atoms with van der Waals surface area (Å²) in [5, 5.41) is 12.9. The third kappa shape index (κ3) is 5.68. The van der Waals surface area contributed by atoms with E-state index in [1.807, 2.05) is 6.92 Å². The van der Waals surface area contributed by atoms with Crippen molar-refractivity contribution in [3.05, 3.63) is 29.8 Å². The lowest BCUT2D eigenvalue weighted by Gasteiger charge is -2.22. The SMILES string of the molecule is CCC(O)CCNCc1ccc(N2CCCCCC2)cc1. The topological polar surface area (TPSA) is 35.5 Å². The Morgan fingerprint density at radius 1 is 1.10 bits per heavy atom. The van der Waals surface area contributed by atoms with E-state index in [4.69, 9.17) is 0 Å². The number of rotatable bonds is 7. The molecule has 0 aliphatic carbocycles. The maximum atomic E-state index is 9.51. The predicted molar refractivity (Wildman–Crippen MR) is 89.7 cm³/mol. The Labute approximate surface area is 129 Å². The largest absolute Gasteiger partial charge is 0.393 e. The van der Waals surface area contributed by atoms with Gasteiger partial charge in [0.15, 0.2) is 0 Å². The van der Waals surface area contributed by atoms with Gasteiger partial charge >= 0.3 is 0 Å². The minimum Gasteiger partial charge on any atom is -0.393 e. The predicted octanol–water partition coefficient (Wildman–Crippen LogP) is 3.32. The van der Waals surface area contributed by atoms with Crippen LogP contribution < -0.4 is 10.2 Å². The van der Waals surface area contributed by atoms with Crippen LogP contribution in [0.1, 0.15) is 51.0 Å². The summed E-state index contributed by atoms with van der Waals surface area (Å²) in [7, 11) is 0. The number of nitrogens with one attached hydrogen (secondary N) is 1. The third-order valence-corrected chi connectivity index (χ3v) is 4.36. The number of benzene rings is 1. The molecule has 1 unspecified atom stereocenters. The van der Waals surface area contributed by atoms with Crippen molar-refractivity contribution >= 4 is 5.69 Å². The lowest BCUT2D eigenvalue weighted by atomic mass is 10.1. The van der Waals surface area contributed by atoms with Gasteiger partial charge in [0.05, 0.1) is 6.10 Å². The second-order valence-corrected chi connectivity index (χ2v) is 6.10. The summed E-state index contributed by atoms with van der Waals surface area (Å²) in [4.78, 5) is 2.52. The first-order valence-corrected chi connectivity index (χ1v) is 8.52. The van der Waals surface area contributed by atoms with Crippen LogP contribution in [-0.2, 0) is 6.54 Å². The van der Waals surface area contributed by atoms with Gasteiger partial charge in [0.1, 0.15) is 0 Å². The van der Waals surface area contributed by atoms with Crippen molar-refractivity contribution in [2.75, 3.05) is 24.5 Å². The molecule has 0 amide bonds. The maximum absolute atomic E-state index is 9.51. The summed E-state index contributed by atoms with van der Waals surface area (Å²) in [6.45, 7) is 6.19. The zero-order chi connectivity index (χ0) is 14.9. The Balaban J connectivity index is 1.76. The summed E-state index contributed by atoms with van der Waals surface area (Å²) in [6.07, 6.45) is 6.91. The molecule has 1 aromatic rings. The molecule has 0 radical (unpaired) electrons. The van der Waals surface area contributed by atoms with Crippen molar-refractivity contribution in [2.45, 2.75) is 58.1 Å². The summed E-state index contributed by atoms with van der Waals surface area (Å²) >= 11 is 0. The molecule has 1 fully saturated rings.